The number of hydrogen-bond acceptors (Lipinski definition) is 4. The molecule has 116 valence electrons. The Kier molecular flexibility index (Phi) is 4.38. The Morgan fingerprint density at radius 2 is 2.24 bits per heavy atom. The molecule has 1 aliphatic carbocycles. The highest BCUT2D eigenvalue weighted by molar-refractivity contribution is 5.80. The molecule has 0 spiro atoms. The summed E-state index contributed by atoms with van der Waals surface area (Å²) in [4.78, 5) is 4.62. The van der Waals surface area contributed by atoms with Crippen molar-refractivity contribution in [1.82, 2.24) is 25.4 Å². The van der Waals surface area contributed by atoms with Crippen LogP contribution in [0, 0.1) is 6.92 Å². The average molecular weight is 292 g/mol. The van der Waals surface area contributed by atoms with Gasteiger partial charge in [-0.15, -0.1) is 10.2 Å². The van der Waals surface area contributed by atoms with Gasteiger partial charge in [0, 0.05) is 26.2 Å². The van der Waals surface area contributed by atoms with Gasteiger partial charge in [-0.05, 0) is 32.6 Å². The first kappa shape index (κ1) is 14.3. The van der Waals surface area contributed by atoms with Crippen LogP contribution in [-0.2, 0) is 18.3 Å². The first-order chi connectivity index (χ1) is 10.2. The summed E-state index contributed by atoms with van der Waals surface area (Å²) in [5.41, 5.74) is 0. The van der Waals surface area contributed by atoms with E-state index in [2.05, 4.69) is 25.8 Å². The number of hydrogen-bond donors (Lipinski definition) is 2. The van der Waals surface area contributed by atoms with E-state index < -0.39 is 0 Å². The Morgan fingerprint density at radius 1 is 1.38 bits per heavy atom. The Labute approximate surface area is 125 Å². The molecule has 1 saturated heterocycles. The smallest absolute Gasteiger partial charge is 0.192 e. The number of aryl methyl sites for hydroxylation is 1. The normalized spacial score (nSPS) is 22.6. The first-order valence-corrected chi connectivity index (χ1v) is 7.73. The van der Waals surface area contributed by atoms with Gasteiger partial charge < -0.3 is 19.9 Å². The fourth-order valence-corrected chi connectivity index (χ4v) is 2.33. The van der Waals surface area contributed by atoms with Crippen molar-refractivity contribution in [3.8, 4) is 0 Å². The molecule has 1 unspecified atom stereocenters. The van der Waals surface area contributed by atoms with Gasteiger partial charge in [0.15, 0.2) is 11.8 Å². The quantitative estimate of drug-likeness (QED) is 0.610. The second-order valence-corrected chi connectivity index (χ2v) is 5.82. The van der Waals surface area contributed by atoms with Crippen LogP contribution in [0.15, 0.2) is 4.99 Å². The van der Waals surface area contributed by atoms with E-state index in [1.807, 2.05) is 18.5 Å². The second kappa shape index (κ2) is 6.43. The zero-order chi connectivity index (χ0) is 14.7. The third-order valence-corrected chi connectivity index (χ3v) is 4.00. The fraction of sp³-hybridized carbons (Fsp3) is 0.786. The molecule has 1 aromatic rings. The van der Waals surface area contributed by atoms with Crippen molar-refractivity contribution >= 4 is 5.96 Å². The molecular formula is C14H24N6O. The molecule has 1 aromatic heterocycles. The van der Waals surface area contributed by atoms with Gasteiger partial charge in [-0.3, -0.25) is 0 Å². The van der Waals surface area contributed by atoms with Gasteiger partial charge in [0.2, 0.25) is 0 Å². The number of aromatic nitrogens is 3. The molecule has 0 radical (unpaired) electrons. The van der Waals surface area contributed by atoms with Crippen LogP contribution in [0.25, 0.3) is 0 Å². The minimum atomic E-state index is 0.313. The standard InChI is InChI=1S/C14H24N6O/c1-10-18-19-13(20(10)2)9-16-14(17-11-5-6-11)15-8-12-4-3-7-21-12/h11-12H,3-9H2,1-2H3,(H2,15,16,17). The first-order valence-electron chi connectivity index (χ1n) is 7.73. The van der Waals surface area contributed by atoms with Crippen LogP contribution in [0.3, 0.4) is 0 Å². The molecule has 21 heavy (non-hydrogen) atoms. The SMILES string of the molecule is Cc1nnc(CN=C(NCC2CCCO2)NC2CC2)n1C. The van der Waals surface area contributed by atoms with Gasteiger partial charge in [-0.2, -0.15) is 0 Å². The molecule has 0 aromatic carbocycles. The van der Waals surface area contributed by atoms with Gasteiger partial charge in [0.25, 0.3) is 0 Å². The van der Waals surface area contributed by atoms with Crippen molar-refractivity contribution in [2.24, 2.45) is 12.0 Å². The lowest BCUT2D eigenvalue weighted by Gasteiger charge is -2.15. The fourth-order valence-electron chi connectivity index (χ4n) is 2.33. The largest absolute Gasteiger partial charge is 0.376 e. The highest BCUT2D eigenvalue weighted by Crippen LogP contribution is 2.18. The van der Waals surface area contributed by atoms with Crippen LogP contribution in [0.1, 0.15) is 37.3 Å². The van der Waals surface area contributed by atoms with E-state index in [1.54, 1.807) is 0 Å². The molecule has 1 saturated carbocycles. The molecule has 1 atom stereocenters. The highest BCUT2D eigenvalue weighted by Gasteiger charge is 2.23. The molecule has 0 bridgehead atoms. The van der Waals surface area contributed by atoms with E-state index in [4.69, 9.17) is 4.74 Å². The lowest BCUT2D eigenvalue weighted by Crippen LogP contribution is -2.42. The van der Waals surface area contributed by atoms with Crippen LogP contribution >= 0.6 is 0 Å². The minimum Gasteiger partial charge on any atom is -0.376 e. The Hall–Kier alpha value is -1.63. The molecule has 1 aliphatic heterocycles. The van der Waals surface area contributed by atoms with Crippen molar-refractivity contribution in [1.29, 1.82) is 0 Å². The Morgan fingerprint density at radius 3 is 2.86 bits per heavy atom. The summed E-state index contributed by atoms with van der Waals surface area (Å²) in [6, 6.07) is 0.571. The number of nitrogens with one attached hydrogen (secondary N) is 2. The number of nitrogens with zero attached hydrogens (tertiary/aromatic N) is 4. The van der Waals surface area contributed by atoms with Crippen molar-refractivity contribution in [3.63, 3.8) is 0 Å². The zero-order valence-corrected chi connectivity index (χ0v) is 12.8. The molecule has 2 aliphatic rings. The molecule has 7 heteroatoms. The lowest BCUT2D eigenvalue weighted by molar-refractivity contribution is 0.113. The summed E-state index contributed by atoms with van der Waals surface area (Å²) >= 11 is 0. The highest BCUT2D eigenvalue weighted by atomic mass is 16.5. The van der Waals surface area contributed by atoms with Crippen LogP contribution in [-0.4, -0.2) is 46.0 Å². The van der Waals surface area contributed by atoms with E-state index in [9.17, 15) is 0 Å². The maximum Gasteiger partial charge on any atom is 0.192 e. The molecular weight excluding hydrogens is 268 g/mol. The third-order valence-electron chi connectivity index (χ3n) is 4.00. The monoisotopic (exact) mass is 292 g/mol. The molecule has 0 amide bonds. The third kappa shape index (κ3) is 3.93. The molecule has 2 N–H and O–H groups in total. The number of guanidine groups is 1. The molecule has 3 rings (SSSR count). The molecule has 2 heterocycles. The van der Waals surface area contributed by atoms with E-state index in [-0.39, 0.29) is 0 Å². The maximum absolute atomic E-state index is 5.64. The number of ether oxygens (including phenoxy) is 1. The Balaban J connectivity index is 1.57. The van der Waals surface area contributed by atoms with Crippen LogP contribution in [0.4, 0.5) is 0 Å². The minimum absolute atomic E-state index is 0.313. The number of rotatable bonds is 5. The molecule has 2 fully saturated rings. The maximum atomic E-state index is 5.64. The zero-order valence-electron chi connectivity index (χ0n) is 12.8. The average Bonchev–Trinajstić information content (AvgIpc) is 3.03. The summed E-state index contributed by atoms with van der Waals surface area (Å²) in [5, 5.41) is 15.0. The van der Waals surface area contributed by atoms with Crippen molar-refractivity contribution in [2.45, 2.75) is 51.3 Å². The van der Waals surface area contributed by atoms with Crippen LogP contribution < -0.4 is 10.6 Å². The van der Waals surface area contributed by atoms with E-state index in [0.717, 1.165) is 43.6 Å². The van der Waals surface area contributed by atoms with E-state index in [0.29, 0.717) is 18.7 Å². The topological polar surface area (TPSA) is 76.4 Å². The second-order valence-electron chi connectivity index (χ2n) is 5.82. The van der Waals surface area contributed by atoms with Crippen LogP contribution in [0.5, 0.6) is 0 Å². The van der Waals surface area contributed by atoms with Gasteiger partial charge >= 0.3 is 0 Å². The van der Waals surface area contributed by atoms with E-state index in [1.165, 1.54) is 12.8 Å². The summed E-state index contributed by atoms with van der Waals surface area (Å²) in [6.07, 6.45) is 5.06. The summed E-state index contributed by atoms with van der Waals surface area (Å²) in [6.45, 7) is 4.17. The molecule has 7 nitrogen and oxygen atoms in total. The van der Waals surface area contributed by atoms with Gasteiger partial charge in [-0.25, -0.2) is 4.99 Å². The summed E-state index contributed by atoms with van der Waals surface area (Å²) in [5.74, 6) is 2.64. The van der Waals surface area contributed by atoms with Gasteiger partial charge in [-0.1, -0.05) is 0 Å². The van der Waals surface area contributed by atoms with E-state index >= 15 is 0 Å². The summed E-state index contributed by atoms with van der Waals surface area (Å²) < 4.78 is 7.61. The summed E-state index contributed by atoms with van der Waals surface area (Å²) in [7, 11) is 1.97. The Bertz CT molecular complexity index is 502. The van der Waals surface area contributed by atoms with Crippen LogP contribution in [0.2, 0.25) is 0 Å². The lowest BCUT2D eigenvalue weighted by atomic mass is 10.2. The van der Waals surface area contributed by atoms with Crippen molar-refractivity contribution < 1.29 is 4.74 Å². The predicted molar refractivity (Wildman–Crippen MR) is 80.0 cm³/mol. The number of aliphatic imine (C=N–C) groups is 1. The predicted octanol–water partition coefficient (Wildman–Crippen LogP) is 0.500. The van der Waals surface area contributed by atoms with Crippen molar-refractivity contribution in [2.75, 3.05) is 13.2 Å². The van der Waals surface area contributed by atoms with Crippen molar-refractivity contribution in [3.05, 3.63) is 11.6 Å². The van der Waals surface area contributed by atoms with Gasteiger partial charge in [0.05, 0.1) is 6.10 Å². The van der Waals surface area contributed by atoms with Gasteiger partial charge in [0.1, 0.15) is 12.4 Å².